The van der Waals surface area contributed by atoms with Crippen LogP contribution in [0.15, 0.2) is 181 Å². The molecule has 55 heavy (non-hydrogen) atoms. The van der Waals surface area contributed by atoms with E-state index >= 15 is 0 Å². The van der Waals surface area contributed by atoms with E-state index in [1.54, 1.807) is 0 Å². The van der Waals surface area contributed by atoms with Crippen molar-refractivity contribution < 1.29 is 0 Å². The minimum absolute atomic E-state index is 0.0173. The maximum absolute atomic E-state index is 5.58. The number of nitrogens with zero attached hydrogens (tertiary/aromatic N) is 3. The number of anilines is 2. The first-order chi connectivity index (χ1) is 26.5. The van der Waals surface area contributed by atoms with E-state index in [9.17, 15) is 0 Å². The van der Waals surface area contributed by atoms with Crippen molar-refractivity contribution in [2.75, 3.05) is 16.6 Å². The zero-order valence-corrected chi connectivity index (χ0v) is 32.8. The van der Waals surface area contributed by atoms with Crippen LogP contribution in [-0.2, 0) is 10.8 Å². The molecule has 1 aliphatic heterocycles. The van der Waals surface area contributed by atoms with Crippen molar-refractivity contribution in [1.29, 1.82) is 0 Å². The molecule has 0 bridgehead atoms. The molecule has 0 radical (unpaired) electrons. The molecule has 1 aliphatic rings. The van der Waals surface area contributed by atoms with Crippen LogP contribution < -0.4 is 9.91 Å². The van der Waals surface area contributed by atoms with Gasteiger partial charge in [-0.3, -0.25) is 0 Å². The third kappa shape index (κ3) is 7.48. The van der Waals surface area contributed by atoms with Crippen LogP contribution in [0.3, 0.4) is 0 Å². The van der Waals surface area contributed by atoms with E-state index in [4.69, 9.17) is 5.10 Å². The minimum atomic E-state index is -0.0173. The van der Waals surface area contributed by atoms with E-state index in [-0.39, 0.29) is 10.8 Å². The second-order valence-electron chi connectivity index (χ2n) is 16.6. The Labute approximate surface area is 327 Å². The number of amidine groups is 1. The molecular weight excluding hydrogens is 667 g/mol. The van der Waals surface area contributed by atoms with Gasteiger partial charge in [0, 0.05) is 22.4 Å². The second-order valence-corrected chi connectivity index (χ2v) is 16.6. The van der Waals surface area contributed by atoms with E-state index in [1.807, 2.05) is 0 Å². The average molecular weight is 716 g/mol. The largest absolute Gasteiger partial charge is 0.304 e. The maximum atomic E-state index is 5.58. The highest BCUT2D eigenvalue weighted by molar-refractivity contribution is 6.13. The molecule has 0 saturated carbocycles. The Morgan fingerprint density at radius 2 is 0.836 bits per heavy atom. The molecule has 0 spiro atoms. The summed E-state index contributed by atoms with van der Waals surface area (Å²) < 4.78 is 0. The summed E-state index contributed by atoms with van der Waals surface area (Å²) in [6.07, 6.45) is 0. The fourth-order valence-electron chi connectivity index (χ4n) is 7.44. The van der Waals surface area contributed by atoms with Gasteiger partial charge in [0.25, 0.3) is 0 Å². The van der Waals surface area contributed by atoms with E-state index < -0.39 is 0 Å². The third-order valence-electron chi connectivity index (χ3n) is 10.6. The van der Waals surface area contributed by atoms with Crippen LogP contribution in [-0.4, -0.2) is 12.5 Å². The second kappa shape index (κ2) is 14.6. The highest BCUT2D eigenvalue weighted by Gasteiger charge is 2.31. The highest BCUT2D eigenvalue weighted by atomic mass is 15.6. The molecule has 7 aromatic carbocycles. The molecule has 0 atom stereocenters. The monoisotopic (exact) mass is 715 g/mol. The molecule has 0 aromatic heterocycles. The fraction of sp³-hybridized carbons (Fsp3) is 0.173. The SMILES string of the molecule is CC(C)(C)c1cc(-c2cccc(-c3ccccc3)c2N2CN(c3cc(-c4ccccc4)cc(-c4ccccc4)c3)C(c3ccccc3)=N2)cc(C(C)(C)C)c1. The summed E-state index contributed by atoms with van der Waals surface area (Å²) in [4.78, 5) is 2.38. The zero-order valence-electron chi connectivity index (χ0n) is 32.8. The molecule has 0 saturated heterocycles. The van der Waals surface area contributed by atoms with Crippen molar-refractivity contribution in [2.45, 2.75) is 52.4 Å². The molecule has 7 aromatic rings. The summed E-state index contributed by atoms with van der Waals surface area (Å²) in [6, 6.07) is 63.6. The van der Waals surface area contributed by atoms with E-state index in [0.29, 0.717) is 6.67 Å². The molecule has 3 nitrogen and oxygen atoms in total. The smallest absolute Gasteiger partial charge is 0.162 e. The van der Waals surface area contributed by atoms with Gasteiger partial charge in [0.05, 0.1) is 5.69 Å². The van der Waals surface area contributed by atoms with E-state index in [0.717, 1.165) is 33.9 Å². The highest BCUT2D eigenvalue weighted by Crippen LogP contribution is 2.44. The first-order valence-corrected chi connectivity index (χ1v) is 19.3. The summed E-state index contributed by atoms with van der Waals surface area (Å²) >= 11 is 0. The lowest BCUT2D eigenvalue weighted by molar-refractivity contribution is 0.569. The van der Waals surface area contributed by atoms with Crippen LogP contribution in [0, 0.1) is 0 Å². The molecule has 0 amide bonds. The third-order valence-corrected chi connectivity index (χ3v) is 10.6. The van der Waals surface area contributed by atoms with Gasteiger partial charge in [0.1, 0.15) is 6.67 Å². The average Bonchev–Trinajstić information content (AvgIpc) is 3.66. The van der Waals surface area contributed by atoms with Gasteiger partial charge in [-0.05, 0) is 73.5 Å². The Balaban J connectivity index is 1.35. The van der Waals surface area contributed by atoms with Crippen LogP contribution in [0.1, 0.15) is 58.2 Å². The van der Waals surface area contributed by atoms with Gasteiger partial charge >= 0.3 is 0 Å². The molecule has 0 N–H and O–H groups in total. The summed E-state index contributed by atoms with van der Waals surface area (Å²) in [5, 5.41) is 7.82. The molecule has 272 valence electrons. The number of hydrazone groups is 1. The molecule has 8 rings (SSSR count). The number of para-hydroxylation sites is 1. The van der Waals surface area contributed by atoms with Gasteiger partial charge in [-0.2, -0.15) is 5.10 Å². The predicted molar refractivity (Wildman–Crippen MR) is 235 cm³/mol. The van der Waals surface area contributed by atoms with Crippen molar-refractivity contribution in [3.63, 3.8) is 0 Å². The number of benzene rings is 7. The Hall–Kier alpha value is -6.19. The van der Waals surface area contributed by atoms with Gasteiger partial charge in [-0.25, -0.2) is 5.01 Å². The van der Waals surface area contributed by atoms with Gasteiger partial charge in [-0.15, -0.1) is 0 Å². The maximum Gasteiger partial charge on any atom is 0.162 e. The molecule has 0 aliphatic carbocycles. The summed E-state index contributed by atoms with van der Waals surface area (Å²) in [5.74, 6) is 0.914. The van der Waals surface area contributed by atoms with Crippen molar-refractivity contribution in [3.05, 3.63) is 193 Å². The number of hydrogen-bond donors (Lipinski definition) is 0. The molecule has 3 heteroatoms. The van der Waals surface area contributed by atoms with Gasteiger partial charge in [-0.1, -0.05) is 199 Å². The summed E-state index contributed by atoms with van der Waals surface area (Å²) in [5.41, 5.74) is 15.3. The van der Waals surface area contributed by atoms with Crippen LogP contribution in [0.5, 0.6) is 0 Å². The van der Waals surface area contributed by atoms with E-state index in [1.165, 1.54) is 44.5 Å². The number of hydrogen-bond acceptors (Lipinski definition) is 3. The zero-order chi connectivity index (χ0) is 38.2. The van der Waals surface area contributed by atoms with Crippen LogP contribution in [0.4, 0.5) is 11.4 Å². The summed E-state index contributed by atoms with van der Waals surface area (Å²) in [6.45, 7) is 14.4. The van der Waals surface area contributed by atoms with Crippen molar-refractivity contribution in [2.24, 2.45) is 5.10 Å². The molecule has 1 heterocycles. The Morgan fingerprint density at radius 3 is 1.31 bits per heavy atom. The number of rotatable bonds is 7. The molecule has 0 fully saturated rings. The quantitative estimate of drug-likeness (QED) is 0.164. The standard InChI is InChI=1S/C52H49N3/c1-51(2,3)44-31-43(32-45(35-44)52(4,5)6)48-29-19-28-47(39-24-15-9-16-25-39)49(48)55-36-54(50(53-55)40-26-17-10-18-27-40)46-33-41(37-20-11-7-12-21-37)30-42(34-46)38-22-13-8-14-23-38/h7-35H,36H2,1-6H3. The minimum Gasteiger partial charge on any atom is -0.304 e. The normalized spacial score (nSPS) is 13.2. The Kier molecular flexibility index (Phi) is 9.49. The topological polar surface area (TPSA) is 18.8 Å². The van der Waals surface area contributed by atoms with Crippen molar-refractivity contribution in [1.82, 2.24) is 0 Å². The first kappa shape index (κ1) is 35.8. The van der Waals surface area contributed by atoms with Crippen molar-refractivity contribution in [3.8, 4) is 44.5 Å². The van der Waals surface area contributed by atoms with Gasteiger partial charge in [0.15, 0.2) is 5.84 Å². The lowest BCUT2D eigenvalue weighted by Gasteiger charge is -2.28. The van der Waals surface area contributed by atoms with E-state index in [2.05, 4.69) is 227 Å². The lowest BCUT2D eigenvalue weighted by Crippen LogP contribution is -2.31. The predicted octanol–water partition coefficient (Wildman–Crippen LogP) is 13.6. The summed E-state index contributed by atoms with van der Waals surface area (Å²) in [7, 11) is 0. The molecular formula is C52H49N3. The Morgan fingerprint density at radius 1 is 0.400 bits per heavy atom. The van der Waals surface area contributed by atoms with Gasteiger partial charge in [0.2, 0.25) is 0 Å². The van der Waals surface area contributed by atoms with Crippen LogP contribution in [0.2, 0.25) is 0 Å². The molecule has 0 unspecified atom stereocenters. The van der Waals surface area contributed by atoms with Crippen LogP contribution >= 0.6 is 0 Å². The first-order valence-electron chi connectivity index (χ1n) is 19.3. The lowest BCUT2D eigenvalue weighted by atomic mass is 9.78. The fourth-order valence-corrected chi connectivity index (χ4v) is 7.44. The van der Waals surface area contributed by atoms with Crippen LogP contribution in [0.25, 0.3) is 44.5 Å². The Bertz CT molecular complexity index is 2360. The van der Waals surface area contributed by atoms with Crippen molar-refractivity contribution >= 4 is 17.2 Å². The van der Waals surface area contributed by atoms with Gasteiger partial charge < -0.3 is 4.90 Å².